The average Bonchev–Trinajstić information content (AvgIpc) is 2.63. The lowest BCUT2D eigenvalue weighted by atomic mass is 10.1. The van der Waals surface area contributed by atoms with Crippen molar-refractivity contribution in [1.29, 1.82) is 0 Å². The number of hydrogen-bond donors (Lipinski definition) is 1. The van der Waals surface area contributed by atoms with Crippen LogP contribution in [0.5, 0.6) is 0 Å². The Labute approximate surface area is 148 Å². The van der Waals surface area contributed by atoms with Gasteiger partial charge in [0.15, 0.2) is 11.9 Å². The number of carbonyl (C=O) groups excluding carboxylic acids is 1. The normalized spacial score (nSPS) is 17.4. The molecule has 0 bridgehead atoms. The summed E-state index contributed by atoms with van der Waals surface area (Å²) in [5, 5.41) is 8.54. The Morgan fingerprint density at radius 1 is 1.44 bits per heavy atom. The third kappa shape index (κ3) is 3.64. The molecule has 2 heterocycles. The van der Waals surface area contributed by atoms with E-state index in [0.29, 0.717) is 29.7 Å². The van der Waals surface area contributed by atoms with Crippen molar-refractivity contribution in [2.45, 2.75) is 6.10 Å². The van der Waals surface area contributed by atoms with Crippen molar-refractivity contribution in [2.24, 2.45) is 0 Å². The highest BCUT2D eigenvalue weighted by Crippen LogP contribution is 2.29. The molecule has 0 saturated carbocycles. The molecule has 1 aliphatic heterocycles. The van der Waals surface area contributed by atoms with Crippen LogP contribution in [-0.2, 0) is 14.3 Å². The van der Waals surface area contributed by atoms with Gasteiger partial charge in [-0.1, -0.05) is 11.6 Å². The number of carbonyl (C=O) groups is 1. The van der Waals surface area contributed by atoms with Crippen LogP contribution >= 0.6 is 11.6 Å². The number of rotatable bonds is 3. The minimum Gasteiger partial charge on any atom is -0.467 e. The number of methoxy groups -OCH3 is 1. The van der Waals surface area contributed by atoms with Gasteiger partial charge < -0.3 is 20.1 Å². The predicted molar refractivity (Wildman–Crippen MR) is 90.8 cm³/mol. The smallest absolute Gasteiger partial charge is 0.336 e. The Hall–Kier alpha value is -2.45. The number of nitrogens with zero attached hydrogens (tertiary/aromatic N) is 3. The highest BCUT2D eigenvalue weighted by Gasteiger charge is 2.29. The number of esters is 1. The molecule has 1 aliphatic rings. The number of aromatic nitrogens is 2. The van der Waals surface area contributed by atoms with Crippen LogP contribution in [0.4, 0.5) is 15.9 Å². The molecule has 132 valence electrons. The molecular weight excluding hydrogens is 351 g/mol. The molecule has 1 aromatic heterocycles. The molecular formula is C16H16ClFN4O3. The van der Waals surface area contributed by atoms with Gasteiger partial charge in [0.2, 0.25) is 0 Å². The van der Waals surface area contributed by atoms with E-state index >= 15 is 0 Å². The van der Waals surface area contributed by atoms with E-state index in [9.17, 15) is 9.18 Å². The van der Waals surface area contributed by atoms with Crippen LogP contribution in [0.2, 0.25) is 5.02 Å². The summed E-state index contributed by atoms with van der Waals surface area (Å²) in [5.41, 5.74) is 6.88. The Bertz CT molecular complexity index is 805. The highest BCUT2D eigenvalue weighted by molar-refractivity contribution is 6.30. The number of halogens is 2. The Balaban J connectivity index is 1.87. The molecule has 1 aromatic carbocycles. The van der Waals surface area contributed by atoms with Gasteiger partial charge in [-0.05, 0) is 24.3 Å². The van der Waals surface area contributed by atoms with E-state index in [1.807, 2.05) is 0 Å². The maximum atomic E-state index is 14.0. The van der Waals surface area contributed by atoms with Crippen LogP contribution in [0.3, 0.4) is 0 Å². The number of ether oxygens (including phenoxy) is 2. The van der Waals surface area contributed by atoms with Crippen molar-refractivity contribution in [3.8, 4) is 11.3 Å². The quantitative estimate of drug-likeness (QED) is 0.829. The molecule has 1 saturated heterocycles. The summed E-state index contributed by atoms with van der Waals surface area (Å²) in [5.74, 6) is -0.528. The first-order valence-electron chi connectivity index (χ1n) is 7.52. The van der Waals surface area contributed by atoms with E-state index in [-0.39, 0.29) is 17.8 Å². The van der Waals surface area contributed by atoms with Crippen molar-refractivity contribution in [1.82, 2.24) is 10.2 Å². The Morgan fingerprint density at radius 2 is 2.24 bits per heavy atom. The second-order valence-corrected chi connectivity index (χ2v) is 5.90. The average molecular weight is 367 g/mol. The van der Waals surface area contributed by atoms with Crippen LogP contribution in [0, 0.1) is 5.82 Å². The monoisotopic (exact) mass is 366 g/mol. The molecule has 0 radical (unpaired) electrons. The first-order chi connectivity index (χ1) is 12.0. The first-order valence-corrected chi connectivity index (χ1v) is 7.90. The number of nitrogens with two attached hydrogens (primary N) is 1. The lowest BCUT2D eigenvalue weighted by Crippen LogP contribution is -2.47. The molecule has 25 heavy (non-hydrogen) atoms. The van der Waals surface area contributed by atoms with Gasteiger partial charge in [0.1, 0.15) is 5.82 Å². The minimum atomic E-state index is -0.718. The largest absolute Gasteiger partial charge is 0.467 e. The van der Waals surface area contributed by atoms with Crippen molar-refractivity contribution in [3.63, 3.8) is 0 Å². The second-order valence-electron chi connectivity index (χ2n) is 5.46. The van der Waals surface area contributed by atoms with Gasteiger partial charge in [0.05, 0.1) is 31.6 Å². The van der Waals surface area contributed by atoms with Crippen molar-refractivity contribution < 1.29 is 18.7 Å². The Kier molecular flexibility index (Phi) is 5.00. The minimum absolute atomic E-state index is 0.215. The number of benzene rings is 1. The predicted octanol–water partition coefficient (Wildman–Crippen LogP) is 1.90. The SMILES string of the molecule is COC(=O)[C@@H]1CN(c2nnc(-c3cc(Cl)ccc3F)cc2N)CCO1. The van der Waals surface area contributed by atoms with E-state index in [4.69, 9.17) is 26.8 Å². The van der Waals surface area contributed by atoms with E-state index in [1.165, 1.54) is 31.4 Å². The van der Waals surface area contributed by atoms with Gasteiger partial charge >= 0.3 is 5.97 Å². The molecule has 9 heteroatoms. The van der Waals surface area contributed by atoms with Gasteiger partial charge in [-0.3, -0.25) is 0 Å². The van der Waals surface area contributed by atoms with E-state index < -0.39 is 17.9 Å². The van der Waals surface area contributed by atoms with Crippen LogP contribution in [0.1, 0.15) is 0 Å². The summed E-state index contributed by atoms with van der Waals surface area (Å²) >= 11 is 5.91. The number of anilines is 2. The number of nitrogen functional groups attached to an aromatic ring is 1. The third-order valence-electron chi connectivity index (χ3n) is 3.84. The van der Waals surface area contributed by atoms with Gasteiger partial charge in [0, 0.05) is 17.1 Å². The molecule has 0 unspecified atom stereocenters. The summed E-state index contributed by atoms with van der Waals surface area (Å²) in [6.45, 7) is 1.07. The van der Waals surface area contributed by atoms with Crippen LogP contribution in [0.25, 0.3) is 11.3 Å². The fourth-order valence-electron chi connectivity index (χ4n) is 2.59. The molecule has 1 fully saturated rings. The zero-order valence-corrected chi connectivity index (χ0v) is 14.2. The summed E-state index contributed by atoms with van der Waals surface area (Å²) in [4.78, 5) is 13.4. The second kappa shape index (κ2) is 7.20. The van der Waals surface area contributed by atoms with E-state index in [0.717, 1.165) is 0 Å². The molecule has 7 nitrogen and oxygen atoms in total. The van der Waals surface area contributed by atoms with Crippen molar-refractivity contribution in [2.75, 3.05) is 37.4 Å². The molecule has 0 amide bonds. The van der Waals surface area contributed by atoms with Crippen LogP contribution < -0.4 is 10.6 Å². The topological polar surface area (TPSA) is 90.6 Å². The summed E-state index contributed by atoms with van der Waals surface area (Å²) in [6.07, 6.45) is -0.718. The van der Waals surface area contributed by atoms with Crippen molar-refractivity contribution in [3.05, 3.63) is 35.1 Å². The number of morpholine rings is 1. The zero-order chi connectivity index (χ0) is 18.0. The summed E-state index contributed by atoms with van der Waals surface area (Å²) in [7, 11) is 1.30. The van der Waals surface area contributed by atoms with Gasteiger partial charge in [-0.15, -0.1) is 10.2 Å². The lowest BCUT2D eigenvalue weighted by molar-refractivity contribution is -0.154. The van der Waals surface area contributed by atoms with E-state index in [1.54, 1.807) is 4.90 Å². The molecule has 0 spiro atoms. The van der Waals surface area contributed by atoms with Gasteiger partial charge in [-0.25, -0.2) is 9.18 Å². The molecule has 1 atom stereocenters. The third-order valence-corrected chi connectivity index (χ3v) is 4.07. The number of hydrogen-bond acceptors (Lipinski definition) is 7. The first kappa shape index (κ1) is 17.4. The molecule has 2 aromatic rings. The van der Waals surface area contributed by atoms with E-state index in [2.05, 4.69) is 10.2 Å². The molecule has 3 rings (SSSR count). The van der Waals surface area contributed by atoms with Crippen LogP contribution in [0.15, 0.2) is 24.3 Å². The summed E-state index contributed by atoms with van der Waals surface area (Å²) < 4.78 is 24.0. The van der Waals surface area contributed by atoms with Gasteiger partial charge in [0.25, 0.3) is 0 Å². The maximum absolute atomic E-state index is 14.0. The standard InChI is InChI=1S/C16H16ClFN4O3/c1-24-16(23)14-8-22(4-5-25-14)15-12(19)7-13(20-21-15)10-6-9(17)2-3-11(10)18/h2-3,6-7,14H,4-5,8H2,1H3,(H2,19,20)/t14-/m0/s1. The van der Waals surface area contributed by atoms with Gasteiger partial charge in [-0.2, -0.15) is 0 Å². The molecule has 0 aliphatic carbocycles. The zero-order valence-electron chi connectivity index (χ0n) is 13.4. The fraction of sp³-hybridized carbons (Fsp3) is 0.312. The van der Waals surface area contributed by atoms with Crippen LogP contribution in [-0.4, -0.2) is 49.1 Å². The lowest BCUT2D eigenvalue weighted by Gasteiger charge is -2.32. The highest BCUT2D eigenvalue weighted by atomic mass is 35.5. The summed E-state index contributed by atoms with van der Waals surface area (Å²) in [6, 6.07) is 5.69. The van der Waals surface area contributed by atoms with Crippen molar-refractivity contribution >= 4 is 29.1 Å². The maximum Gasteiger partial charge on any atom is 0.336 e. The molecule has 2 N–H and O–H groups in total. The Morgan fingerprint density at radius 3 is 2.96 bits per heavy atom. The fourth-order valence-corrected chi connectivity index (χ4v) is 2.76.